The molecule has 0 atom stereocenters. The van der Waals surface area contributed by atoms with Crippen LogP contribution >= 0.6 is 0 Å². The fourth-order valence-electron chi connectivity index (χ4n) is 2.02. The van der Waals surface area contributed by atoms with Crippen molar-refractivity contribution in [3.8, 4) is 17.2 Å². The Labute approximate surface area is 107 Å². The molecule has 3 nitrogen and oxygen atoms in total. The van der Waals surface area contributed by atoms with Crippen LogP contribution in [0.2, 0.25) is 0 Å². The Hall–Kier alpha value is -2.00. The quantitative estimate of drug-likeness (QED) is 0.805. The van der Waals surface area contributed by atoms with Crippen LogP contribution in [0.5, 0.6) is 17.2 Å². The SMILES string of the molecule is CN1COc2ccc(Oc3ccccc3)cc2C1. The fraction of sp³-hybridized carbons (Fsp3) is 0.200. The molecule has 3 heteroatoms. The number of ether oxygens (including phenoxy) is 2. The number of nitrogens with zero attached hydrogens (tertiary/aromatic N) is 1. The van der Waals surface area contributed by atoms with Crippen LogP contribution in [0.3, 0.4) is 0 Å². The molecule has 0 bridgehead atoms. The van der Waals surface area contributed by atoms with Crippen LogP contribution in [0.25, 0.3) is 0 Å². The molecule has 2 aromatic carbocycles. The summed E-state index contributed by atoms with van der Waals surface area (Å²) in [5, 5.41) is 0. The minimum absolute atomic E-state index is 0.645. The number of para-hydroxylation sites is 1. The van der Waals surface area contributed by atoms with Crippen LogP contribution < -0.4 is 9.47 Å². The van der Waals surface area contributed by atoms with E-state index < -0.39 is 0 Å². The molecule has 0 N–H and O–H groups in total. The van der Waals surface area contributed by atoms with Gasteiger partial charge in [-0.1, -0.05) is 18.2 Å². The third kappa shape index (κ3) is 2.31. The highest BCUT2D eigenvalue weighted by atomic mass is 16.5. The first-order valence-electron chi connectivity index (χ1n) is 5.98. The predicted molar refractivity (Wildman–Crippen MR) is 69.9 cm³/mol. The summed E-state index contributed by atoms with van der Waals surface area (Å²) < 4.78 is 11.4. The molecule has 0 saturated carbocycles. The van der Waals surface area contributed by atoms with Crippen molar-refractivity contribution in [1.82, 2.24) is 4.90 Å². The lowest BCUT2D eigenvalue weighted by molar-refractivity contribution is 0.121. The summed E-state index contributed by atoms with van der Waals surface area (Å²) >= 11 is 0. The van der Waals surface area contributed by atoms with Crippen LogP contribution in [-0.4, -0.2) is 18.7 Å². The maximum Gasteiger partial charge on any atom is 0.142 e. The molecule has 0 radical (unpaired) electrons. The van der Waals surface area contributed by atoms with Gasteiger partial charge >= 0.3 is 0 Å². The third-order valence-corrected chi connectivity index (χ3v) is 2.89. The van der Waals surface area contributed by atoms with E-state index in [0.717, 1.165) is 29.4 Å². The largest absolute Gasteiger partial charge is 0.478 e. The zero-order chi connectivity index (χ0) is 12.4. The van der Waals surface area contributed by atoms with E-state index in [0.29, 0.717) is 6.73 Å². The molecule has 0 amide bonds. The molecule has 92 valence electrons. The Morgan fingerprint density at radius 2 is 1.89 bits per heavy atom. The van der Waals surface area contributed by atoms with E-state index >= 15 is 0 Å². The summed E-state index contributed by atoms with van der Waals surface area (Å²) in [6.45, 7) is 1.53. The highest BCUT2D eigenvalue weighted by Crippen LogP contribution is 2.30. The van der Waals surface area contributed by atoms with Gasteiger partial charge in [-0.25, -0.2) is 0 Å². The van der Waals surface area contributed by atoms with Crippen molar-refractivity contribution in [2.75, 3.05) is 13.8 Å². The Morgan fingerprint density at radius 1 is 1.06 bits per heavy atom. The molecule has 1 aliphatic rings. The van der Waals surface area contributed by atoms with E-state index in [2.05, 4.69) is 4.90 Å². The van der Waals surface area contributed by atoms with Gasteiger partial charge in [0.1, 0.15) is 24.0 Å². The number of hydrogen-bond donors (Lipinski definition) is 0. The minimum Gasteiger partial charge on any atom is -0.478 e. The van der Waals surface area contributed by atoms with Crippen LogP contribution in [0.1, 0.15) is 5.56 Å². The minimum atomic E-state index is 0.645. The Balaban J connectivity index is 1.84. The van der Waals surface area contributed by atoms with Gasteiger partial charge < -0.3 is 9.47 Å². The topological polar surface area (TPSA) is 21.7 Å². The molecule has 0 aromatic heterocycles. The molecule has 0 saturated heterocycles. The molecular formula is C15H15NO2. The van der Waals surface area contributed by atoms with Crippen molar-refractivity contribution in [1.29, 1.82) is 0 Å². The summed E-state index contributed by atoms with van der Waals surface area (Å²) in [7, 11) is 2.04. The monoisotopic (exact) mass is 241 g/mol. The zero-order valence-corrected chi connectivity index (χ0v) is 10.3. The second-order valence-corrected chi connectivity index (χ2v) is 4.47. The van der Waals surface area contributed by atoms with Crippen molar-refractivity contribution in [2.45, 2.75) is 6.54 Å². The van der Waals surface area contributed by atoms with Crippen molar-refractivity contribution in [3.63, 3.8) is 0 Å². The zero-order valence-electron chi connectivity index (χ0n) is 10.3. The molecule has 0 aliphatic carbocycles. The molecule has 18 heavy (non-hydrogen) atoms. The van der Waals surface area contributed by atoms with Crippen LogP contribution in [-0.2, 0) is 6.54 Å². The molecule has 0 unspecified atom stereocenters. The average Bonchev–Trinajstić information content (AvgIpc) is 2.39. The summed E-state index contributed by atoms with van der Waals surface area (Å²) in [5.41, 5.74) is 1.16. The second kappa shape index (κ2) is 4.70. The van der Waals surface area contributed by atoms with Crippen LogP contribution in [0.15, 0.2) is 48.5 Å². The third-order valence-electron chi connectivity index (χ3n) is 2.89. The van der Waals surface area contributed by atoms with Gasteiger partial charge in [0.2, 0.25) is 0 Å². The average molecular weight is 241 g/mol. The smallest absolute Gasteiger partial charge is 0.142 e. The van der Waals surface area contributed by atoms with E-state index in [1.807, 2.05) is 55.6 Å². The van der Waals surface area contributed by atoms with Gasteiger partial charge in [-0.15, -0.1) is 0 Å². The number of benzene rings is 2. The maximum absolute atomic E-state index is 5.81. The summed E-state index contributed by atoms with van der Waals surface area (Å²) in [6, 6.07) is 15.7. The number of hydrogen-bond acceptors (Lipinski definition) is 3. The molecule has 2 aromatic rings. The van der Waals surface area contributed by atoms with Gasteiger partial charge in [0, 0.05) is 12.1 Å². The Bertz CT molecular complexity index is 539. The van der Waals surface area contributed by atoms with E-state index in [9.17, 15) is 0 Å². The van der Waals surface area contributed by atoms with Gasteiger partial charge in [-0.05, 0) is 37.4 Å². The maximum atomic E-state index is 5.81. The van der Waals surface area contributed by atoms with Crippen LogP contribution in [0.4, 0.5) is 0 Å². The lowest BCUT2D eigenvalue weighted by Gasteiger charge is -2.25. The van der Waals surface area contributed by atoms with Gasteiger partial charge in [0.15, 0.2) is 0 Å². The standard InChI is InChI=1S/C15H15NO2/c1-16-10-12-9-14(7-8-15(12)17-11-16)18-13-5-3-2-4-6-13/h2-9H,10-11H2,1H3. The highest BCUT2D eigenvalue weighted by molar-refractivity contribution is 5.42. The van der Waals surface area contributed by atoms with Crippen molar-refractivity contribution in [2.24, 2.45) is 0 Å². The van der Waals surface area contributed by atoms with Crippen molar-refractivity contribution >= 4 is 0 Å². The Morgan fingerprint density at radius 3 is 2.72 bits per heavy atom. The van der Waals surface area contributed by atoms with E-state index in [4.69, 9.17) is 9.47 Å². The summed E-state index contributed by atoms with van der Waals surface area (Å²) in [6.07, 6.45) is 0. The molecule has 0 spiro atoms. The van der Waals surface area contributed by atoms with Crippen molar-refractivity contribution in [3.05, 3.63) is 54.1 Å². The first-order chi connectivity index (χ1) is 8.81. The van der Waals surface area contributed by atoms with Gasteiger partial charge in [0.25, 0.3) is 0 Å². The van der Waals surface area contributed by atoms with E-state index in [1.54, 1.807) is 0 Å². The molecule has 1 heterocycles. The first kappa shape index (κ1) is 11.1. The summed E-state index contributed by atoms with van der Waals surface area (Å²) in [4.78, 5) is 2.12. The molecular weight excluding hydrogens is 226 g/mol. The summed E-state index contributed by atoms with van der Waals surface area (Å²) in [5.74, 6) is 2.65. The Kier molecular flexibility index (Phi) is 2.90. The van der Waals surface area contributed by atoms with Gasteiger partial charge in [-0.2, -0.15) is 0 Å². The lowest BCUT2D eigenvalue weighted by atomic mass is 10.1. The predicted octanol–water partition coefficient (Wildman–Crippen LogP) is 3.26. The number of fused-ring (bicyclic) bond motifs is 1. The van der Waals surface area contributed by atoms with Crippen LogP contribution in [0, 0.1) is 0 Å². The second-order valence-electron chi connectivity index (χ2n) is 4.47. The van der Waals surface area contributed by atoms with Gasteiger partial charge in [-0.3, -0.25) is 4.90 Å². The number of rotatable bonds is 2. The molecule has 1 aliphatic heterocycles. The highest BCUT2D eigenvalue weighted by Gasteiger charge is 2.14. The normalized spacial score (nSPS) is 14.7. The fourth-order valence-corrected chi connectivity index (χ4v) is 2.02. The van der Waals surface area contributed by atoms with E-state index in [1.165, 1.54) is 0 Å². The van der Waals surface area contributed by atoms with Crippen molar-refractivity contribution < 1.29 is 9.47 Å². The molecule has 0 fully saturated rings. The van der Waals surface area contributed by atoms with Gasteiger partial charge in [0.05, 0.1) is 0 Å². The first-order valence-corrected chi connectivity index (χ1v) is 5.98. The lowest BCUT2D eigenvalue weighted by Crippen LogP contribution is -2.27. The molecule has 3 rings (SSSR count). The van der Waals surface area contributed by atoms with E-state index in [-0.39, 0.29) is 0 Å².